The molecular weight excluding hydrogens is 194 g/mol. The lowest BCUT2D eigenvalue weighted by Gasteiger charge is -2.24. The third-order valence-electron chi connectivity index (χ3n) is 2.10. The number of aliphatic hydroxyl groups is 1. The highest BCUT2D eigenvalue weighted by molar-refractivity contribution is 5.65. The van der Waals surface area contributed by atoms with Gasteiger partial charge in [-0.15, -0.1) is 0 Å². The van der Waals surface area contributed by atoms with Crippen LogP contribution in [-0.4, -0.2) is 43.5 Å². The molecule has 0 fully saturated rings. The van der Waals surface area contributed by atoms with Crippen LogP contribution in [0.1, 0.15) is 0 Å². The molecule has 0 amide bonds. The molecule has 1 aromatic rings. The highest BCUT2D eigenvalue weighted by Gasteiger charge is 2.08. The quantitative estimate of drug-likeness (QED) is 0.698. The van der Waals surface area contributed by atoms with E-state index in [1.54, 1.807) is 19.5 Å². The molecule has 0 spiro atoms. The van der Waals surface area contributed by atoms with Gasteiger partial charge in [0, 0.05) is 26.4 Å². The molecule has 84 valence electrons. The summed E-state index contributed by atoms with van der Waals surface area (Å²) in [5, 5.41) is 8.95. The van der Waals surface area contributed by atoms with Crippen molar-refractivity contribution in [3.8, 4) is 0 Å². The molecule has 0 saturated carbocycles. The fraction of sp³-hybridized carbons (Fsp3) is 0.500. The summed E-state index contributed by atoms with van der Waals surface area (Å²) in [7, 11) is 1.65. The van der Waals surface area contributed by atoms with Gasteiger partial charge in [0.2, 0.25) is 0 Å². The van der Waals surface area contributed by atoms with E-state index in [1.807, 2.05) is 11.0 Å². The molecule has 0 aliphatic carbocycles. The number of nitrogen functional groups attached to an aromatic ring is 1. The average molecular weight is 211 g/mol. The van der Waals surface area contributed by atoms with Gasteiger partial charge in [0.25, 0.3) is 0 Å². The SMILES string of the molecule is COCCN(CCO)c1ccncc1N. The number of anilines is 2. The Morgan fingerprint density at radius 3 is 2.93 bits per heavy atom. The predicted molar refractivity (Wildman–Crippen MR) is 59.8 cm³/mol. The van der Waals surface area contributed by atoms with E-state index in [1.165, 1.54) is 0 Å². The van der Waals surface area contributed by atoms with Crippen LogP contribution in [0.5, 0.6) is 0 Å². The van der Waals surface area contributed by atoms with E-state index in [0.717, 1.165) is 5.69 Å². The van der Waals surface area contributed by atoms with Crippen molar-refractivity contribution < 1.29 is 9.84 Å². The number of nitrogens with zero attached hydrogens (tertiary/aromatic N) is 2. The molecule has 1 heterocycles. The number of aliphatic hydroxyl groups excluding tert-OH is 1. The smallest absolute Gasteiger partial charge is 0.0738 e. The molecule has 0 radical (unpaired) electrons. The molecule has 0 saturated heterocycles. The van der Waals surface area contributed by atoms with Crippen LogP contribution in [-0.2, 0) is 4.74 Å². The van der Waals surface area contributed by atoms with E-state index >= 15 is 0 Å². The zero-order valence-corrected chi connectivity index (χ0v) is 8.89. The minimum absolute atomic E-state index is 0.0888. The molecule has 0 aromatic carbocycles. The largest absolute Gasteiger partial charge is 0.396 e. The van der Waals surface area contributed by atoms with Gasteiger partial charge in [0.15, 0.2) is 0 Å². The summed E-state index contributed by atoms with van der Waals surface area (Å²) >= 11 is 0. The fourth-order valence-electron chi connectivity index (χ4n) is 1.36. The van der Waals surface area contributed by atoms with Crippen molar-refractivity contribution >= 4 is 11.4 Å². The molecule has 0 aliphatic rings. The topological polar surface area (TPSA) is 71.6 Å². The maximum Gasteiger partial charge on any atom is 0.0738 e. The molecule has 0 aliphatic heterocycles. The number of ether oxygens (including phenoxy) is 1. The average Bonchev–Trinajstić information content (AvgIpc) is 2.25. The number of hydrogen-bond donors (Lipinski definition) is 2. The van der Waals surface area contributed by atoms with Gasteiger partial charge in [-0.3, -0.25) is 4.98 Å². The maximum absolute atomic E-state index is 8.95. The maximum atomic E-state index is 8.95. The van der Waals surface area contributed by atoms with Crippen LogP contribution in [0.15, 0.2) is 18.5 Å². The Labute approximate surface area is 89.5 Å². The third kappa shape index (κ3) is 3.38. The molecule has 0 bridgehead atoms. The number of rotatable bonds is 6. The number of methoxy groups -OCH3 is 1. The molecule has 5 nitrogen and oxygen atoms in total. The van der Waals surface area contributed by atoms with Crippen molar-refractivity contribution in [2.45, 2.75) is 0 Å². The third-order valence-corrected chi connectivity index (χ3v) is 2.10. The summed E-state index contributed by atoms with van der Waals surface area (Å²) in [4.78, 5) is 5.90. The fourth-order valence-corrected chi connectivity index (χ4v) is 1.36. The van der Waals surface area contributed by atoms with Gasteiger partial charge in [-0.25, -0.2) is 0 Å². The summed E-state index contributed by atoms with van der Waals surface area (Å²) in [5.41, 5.74) is 7.30. The Balaban J connectivity index is 2.74. The van der Waals surface area contributed by atoms with Gasteiger partial charge in [-0.1, -0.05) is 0 Å². The number of hydrogen-bond acceptors (Lipinski definition) is 5. The van der Waals surface area contributed by atoms with Crippen LogP contribution in [0.4, 0.5) is 11.4 Å². The second-order valence-corrected chi connectivity index (χ2v) is 3.14. The summed E-state index contributed by atoms with van der Waals surface area (Å²) in [5.74, 6) is 0. The van der Waals surface area contributed by atoms with Crippen molar-refractivity contribution in [1.29, 1.82) is 0 Å². The Kier molecular flexibility index (Phi) is 4.86. The summed E-state index contributed by atoms with van der Waals surface area (Å²) in [6, 6.07) is 1.83. The van der Waals surface area contributed by atoms with E-state index in [0.29, 0.717) is 25.4 Å². The van der Waals surface area contributed by atoms with Crippen LogP contribution < -0.4 is 10.6 Å². The molecule has 0 unspecified atom stereocenters. The minimum atomic E-state index is 0.0888. The first-order chi connectivity index (χ1) is 7.29. The lowest BCUT2D eigenvalue weighted by atomic mass is 10.3. The van der Waals surface area contributed by atoms with Crippen LogP contribution in [0.2, 0.25) is 0 Å². The van der Waals surface area contributed by atoms with Gasteiger partial charge in [-0.2, -0.15) is 0 Å². The predicted octanol–water partition coefficient (Wildman–Crippen LogP) is 0.109. The first-order valence-electron chi connectivity index (χ1n) is 4.83. The second kappa shape index (κ2) is 6.21. The molecule has 0 atom stereocenters. The van der Waals surface area contributed by atoms with Gasteiger partial charge in [-0.05, 0) is 6.07 Å². The Bertz CT molecular complexity index is 294. The van der Waals surface area contributed by atoms with Gasteiger partial charge in [0.1, 0.15) is 0 Å². The van der Waals surface area contributed by atoms with Crippen molar-refractivity contribution in [2.75, 3.05) is 44.0 Å². The molecule has 3 N–H and O–H groups in total. The zero-order chi connectivity index (χ0) is 11.1. The van der Waals surface area contributed by atoms with Crippen LogP contribution in [0.3, 0.4) is 0 Å². The van der Waals surface area contributed by atoms with Crippen LogP contribution in [0, 0.1) is 0 Å². The molecular formula is C10H17N3O2. The molecule has 15 heavy (non-hydrogen) atoms. The molecule has 5 heteroatoms. The van der Waals surface area contributed by atoms with Crippen molar-refractivity contribution in [3.63, 3.8) is 0 Å². The van der Waals surface area contributed by atoms with E-state index in [9.17, 15) is 0 Å². The highest BCUT2D eigenvalue weighted by Crippen LogP contribution is 2.20. The minimum Gasteiger partial charge on any atom is -0.396 e. The van der Waals surface area contributed by atoms with Crippen molar-refractivity contribution in [3.05, 3.63) is 18.5 Å². The van der Waals surface area contributed by atoms with E-state index in [2.05, 4.69) is 4.98 Å². The summed E-state index contributed by atoms with van der Waals surface area (Å²) in [6.45, 7) is 1.93. The van der Waals surface area contributed by atoms with E-state index in [-0.39, 0.29) is 6.61 Å². The summed E-state index contributed by atoms with van der Waals surface area (Å²) in [6.07, 6.45) is 3.29. The van der Waals surface area contributed by atoms with Crippen molar-refractivity contribution in [2.24, 2.45) is 0 Å². The first kappa shape index (κ1) is 11.7. The monoisotopic (exact) mass is 211 g/mol. The van der Waals surface area contributed by atoms with Gasteiger partial charge in [0.05, 0.1) is 30.8 Å². The summed E-state index contributed by atoms with van der Waals surface area (Å²) < 4.78 is 5.00. The van der Waals surface area contributed by atoms with Gasteiger partial charge >= 0.3 is 0 Å². The number of aromatic nitrogens is 1. The standard InChI is InChI=1S/C10H17N3O2/c1-15-7-5-13(4-6-14)10-2-3-12-8-9(10)11/h2-3,8,14H,4-7,11H2,1H3. The lowest BCUT2D eigenvalue weighted by Crippen LogP contribution is -2.30. The molecule has 1 aromatic heterocycles. The van der Waals surface area contributed by atoms with Crippen LogP contribution >= 0.6 is 0 Å². The highest BCUT2D eigenvalue weighted by atomic mass is 16.5. The van der Waals surface area contributed by atoms with E-state index in [4.69, 9.17) is 15.6 Å². The lowest BCUT2D eigenvalue weighted by molar-refractivity contribution is 0.203. The number of pyridine rings is 1. The normalized spacial score (nSPS) is 10.3. The van der Waals surface area contributed by atoms with Crippen LogP contribution in [0.25, 0.3) is 0 Å². The second-order valence-electron chi connectivity index (χ2n) is 3.14. The Morgan fingerprint density at radius 2 is 2.33 bits per heavy atom. The Hall–Kier alpha value is -1.33. The first-order valence-corrected chi connectivity index (χ1v) is 4.83. The van der Waals surface area contributed by atoms with E-state index < -0.39 is 0 Å². The van der Waals surface area contributed by atoms with Crippen molar-refractivity contribution in [1.82, 2.24) is 4.98 Å². The zero-order valence-electron chi connectivity index (χ0n) is 8.89. The molecule has 1 rings (SSSR count). The number of nitrogens with two attached hydrogens (primary N) is 1. The van der Waals surface area contributed by atoms with Gasteiger partial charge < -0.3 is 20.5 Å². The Morgan fingerprint density at radius 1 is 1.53 bits per heavy atom.